The summed E-state index contributed by atoms with van der Waals surface area (Å²) < 4.78 is 6.42. The number of carbonyl (C=O) groups is 1. The van der Waals surface area contributed by atoms with Gasteiger partial charge in [-0.1, -0.05) is 5.10 Å². The first-order valence-corrected chi connectivity index (χ1v) is 5.96. The van der Waals surface area contributed by atoms with Gasteiger partial charge in [0, 0.05) is 18.1 Å². The van der Waals surface area contributed by atoms with Gasteiger partial charge in [0.15, 0.2) is 0 Å². The van der Waals surface area contributed by atoms with Crippen LogP contribution in [0.25, 0.3) is 0 Å². The van der Waals surface area contributed by atoms with Gasteiger partial charge in [-0.2, -0.15) is 4.68 Å². The summed E-state index contributed by atoms with van der Waals surface area (Å²) in [6.45, 7) is 1.79. The molecule has 8 heteroatoms. The van der Waals surface area contributed by atoms with Crippen molar-refractivity contribution in [3.8, 4) is 0 Å². The maximum atomic E-state index is 12.1. The van der Waals surface area contributed by atoms with E-state index in [9.17, 15) is 4.79 Å². The smallest absolute Gasteiger partial charge is 0.338 e. The van der Waals surface area contributed by atoms with Crippen LogP contribution in [0.1, 0.15) is 18.5 Å². The lowest BCUT2D eigenvalue weighted by atomic mass is 9.97. The van der Waals surface area contributed by atoms with Crippen molar-refractivity contribution in [1.82, 2.24) is 25.2 Å². The molecule has 0 radical (unpaired) electrons. The van der Waals surface area contributed by atoms with Gasteiger partial charge >= 0.3 is 5.97 Å². The van der Waals surface area contributed by atoms with Crippen LogP contribution in [0.5, 0.6) is 0 Å². The van der Waals surface area contributed by atoms with Gasteiger partial charge in [-0.05, 0) is 35.0 Å². The highest BCUT2D eigenvalue weighted by atomic mass is 16.5. The van der Waals surface area contributed by atoms with Crippen LogP contribution < -0.4 is 5.32 Å². The van der Waals surface area contributed by atoms with Gasteiger partial charge in [0.2, 0.25) is 5.95 Å². The fourth-order valence-corrected chi connectivity index (χ4v) is 2.24. The normalized spacial score (nSPS) is 17.4. The van der Waals surface area contributed by atoms with E-state index >= 15 is 0 Å². The van der Waals surface area contributed by atoms with Crippen molar-refractivity contribution in [2.24, 2.45) is 0 Å². The van der Waals surface area contributed by atoms with Crippen molar-refractivity contribution >= 4 is 11.9 Å². The second-order valence-corrected chi connectivity index (χ2v) is 4.29. The number of methoxy groups -OCH3 is 1. The van der Waals surface area contributed by atoms with E-state index in [1.165, 1.54) is 7.11 Å². The van der Waals surface area contributed by atoms with E-state index in [-0.39, 0.29) is 0 Å². The number of fused-ring (bicyclic) bond motifs is 1. The number of hydrogen-bond acceptors (Lipinski definition) is 7. The highest BCUT2D eigenvalue weighted by Crippen LogP contribution is 2.34. The molecule has 20 heavy (non-hydrogen) atoms. The van der Waals surface area contributed by atoms with Crippen LogP contribution in [0, 0.1) is 0 Å². The number of ether oxygens (including phenoxy) is 1. The van der Waals surface area contributed by atoms with Gasteiger partial charge in [-0.3, -0.25) is 4.98 Å². The van der Waals surface area contributed by atoms with E-state index in [0.717, 1.165) is 5.56 Å². The van der Waals surface area contributed by atoms with Crippen molar-refractivity contribution in [2.45, 2.75) is 13.0 Å². The summed E-state index contributed by atoms with van der Waals surface area (Å²) in [5, 5.41) is 14.5. The van der Waals surface area contributed by atoms with Crippen molar-refractivity contribution in [2.75, 3.05) is 12.4 Å². The minimum atomic E-state index is -0.434. The molecule has 0 saturated heterocycles. The van der Waals surface area contributed by atoms with Gasteiger partial charge in [-0.25, -0.2) is 4.79 Å². The molecular formula is C12H12N6O2. The van der Waals surface area contributed by atoms with Crippen molar-refractivity contribution in [1.29, 1.82) is 0 Å². The second-order valence-electron chi connectivity index (χ2n) is 4.29. The monoisotopic (exact) mass is 272 g/mol. The molecule has 2 aromatic rings. The summed E-state index contributed by atoms with van der Waals surface area (Å²) in [4.78, 5) is 16.1. The number of pyridine rings is 1. The lowest BCUT2D eigenvalue weighted by molar-refractivity contribution is -0.136. The molecule has 0 amide bonds. The van der Waals surface area contributed by atoms with Gasteiger partial charge in [-0.15, -0.1) is 0 Å². The Labute approximate surface area is 114 Å². The Balaban J connectivity index is 2.19. The lowest BCUT2D eigenvalue weighted by Crippen LogP contribution is -2.29. The number of carbonyl (C=O) groups excluding carboxylic acids is 1. The number of allylic oxidation sites excluding steroid dienone is 1. The number of anilines is 1. The molecule has 0 aromatic carbocycles. The molecule has 0 saturated carbocycles. The zero-order chi connectivity index (χ0) is 14.1. The zero-order valence-electron chi connectivity index (χ0n) is 10.9. The molecule has 1 N–H and O–H groups in total. The Morgan fingerprint density at radius 2 is 2.15 bits per heavy atom. The van der Waals surface area contributed by atoms with E-state index in [2.05, 4.69) is 25.8 Å². The Morgan fingerprint density at radius 1 is 1.40 bits per heavy atom. The molecule has 1 aliphatic rings. The molecule has 0 fully saturated rings. The Kier molecular flexibility index (Phi) is 2.90. The Bertz CT molecular complexity index is 678. The van der Waals surface area contributed by atoms with E-state index in [4.69, 9.17) is 4.74 Å². The first kappa shape index (κ1) is 12.3. The number of esters is 1. The maximum absolute atomic E-state index is 12.1. The van der Waals surface area contributed by atoms with Gasteiger partial charge in [0.25, 0.3) is 0 Å². The SMILES string of the molecule is COC(=O)C1=C(C)Nc2nnnn2[C@@H]1c1ccncc1. The first-order valence-electron chi connectivity index (χ1n) is 5.96. The van der Waals surface area contributed by atoms with Crippen LogP contribution in [-0.2, 0) is 9.53 Å². The fourth-order valence-electron chi connectivity index (χ4n) is 2.24. The summed E-state index contributed by atoms with van der Waals surface area (Å²) in [5.41, 5.74) is 1.99. The third kappa shape index (κ3) is 1.81. The van der Waals surface area contributed by atoms with Gasteiger partial charge < -0.3 is 10.1 Å². The summed E-state index contributed by atoms with van der Waals surface area (Å²) in [7, 11) is 1.35. The molecule has 0 aliphatic carbocycles. The minimum absolute atomic E-state index is 0.419. The number of tetrazole rings is 1. The molecule has 0 bridgehead atoms. The molecule has 3 rings (SSSR count). The third-order valence-corrected chi connectivity index (χ3v) is 3.14. The van der Waals surface area contributed by atoms with Crippen LogP contribution in [0.4, 0.5) is 5.95 Å². The molecule has 3 heterocycles. The minimum Gasteiger partial charge on any atom is -0.466 e. The summed E-state index contributed by atoms with van der Waals surface area (Å²) in [6, 6.07) is 3.20. The van der Waals surface area contributed by atoms with Crippen LogP contribution in [0.15, 0.2) is 35.8 Å². The van der Waals surface area contributed by atoms with Crippen LogP contribution >= 0.6 is 0 Å². The number of nitrogens with zero attached hydrogens (tertiary/aromatic N) is 5. The first-order chi connectivity index (χ1) is 9.72. The van der Waals surface area contributed by atoms with Gasteiger partial charge in [0.1, 0.15) is 6.04 Å². The fraction of sp³-hybridized carbons (Fsp3) is 0.250. The van der Waals surface area contributed by atoms with Crippen molar-refractivity contribution < 1.29 is 9.53 Å². The van der Waals surface area contributed by atoms with Crippen LogP contribution in [0.2, 0.25) is 0 Å². The predicted octanol–water partition coefficient (Wildman–Crippen LogP) is 0.530. The largest absolute Gasteiger partial charge is 0.466 e. The highest BCUT2D eigenvalue weighted by molar-refractivity contribution is 5.92. The molecule has 2 aromatic heterocycles. The third-order valence-electron chi connectivity index (χ3n) is 3.14. The maximum Gasteiger partial charge on any atom is 0.338 e. The molecule has 8 nitrogen and oxygen atoms in total. The highest BCUT2D eigenvalue weighted by Gasteiger charge is 2.34. The number of aromatic nitrogens is 5. The summed E-state index contributed by atoms with van der Waals surface area (Å²) in [5.74, 6) is 0.0647. The van der Waals surface area contributed by atoms with Gasteiger partial charge in [0.05, 0.1) is 12.7 Å². The molecule has 0 spiro atoms. The average Bonchev–Trinajstić information content (AvgIpc) is 2.93. The van der Waals surface area contributed by atoms with Crippen LogP contribution in [-0.4, -0.2) is 38.3 Å². The zero-order valence-corrected chi connectivity index (χ0v) is 10.9. The quantitative estimate of drug-likeness (QED) is 0.797. The lowest BCUT2D eigenvalue weighted by Gasteiger charge is -2.26. The molecule has 102 valence electrons. The second kappa shape index (κ2) is 4.72. The topological polar surface area (TPSA) is 94.8 Å². The Hall–Kier alpha value is -2.77. The van der Waals surface area contributed by atoms with E-state index in [1.807, 2.05) is 12.1 Å². The molecule has 0 unspecified atom stereocenters. The van der Waals surface area contributed by atoms with E-state index < -0.39 is 12.0 Å². The average molecular weight is 272 g/mol. The van der Waals surface area contributed by atoms with Crippen molar-refractivity contribution in [3.63, 3.8) is 0 Å². The van der Waals surface area contributed by atoms with Crippen LogP contribution in [0.3, 0.4) is 0 Å². The summed E-state index contributed by atoms with van der Waals surface area (Å²) >= 11 is 0. The number of hydrogen-bond donors (Lipinski definition) is 1. The predicted molar refractivity (Wildman–Crippen MR) is 68.5 cm³/mol. The molecular weight excluding hydrogens is 260 g/mol. The number of nitrogens with one attached hydrogen (secondary N) is 1. The van der Waals surface area contributed by atoms with E-state index in [1.54, 1.807) is 24.0 Å². The summed E-state index contributed by atoms with van der Waals surface area (Å²) in [6.07, 6.45) is 3.32. The van der Waals surface area contributed by atoms with Crippen molar-refractivity contribution in [3.05, 3.63) is 41.4 Å². The Morgan fingerprint density at radius 3 is 2.85 bits per heavy atom. The molecule has 1 atom stereocenters. The standard InChI is InChI=1S/C12H12N6O2/c1-7-9(11(19)20-2)10(8-3-5-13-6-4-8)18-12(14-7)15-16-17-18/h3-6,10H,1-2H3,(H,14,15,17)/t10-/m1/s1. The van der Waals surface area contributed by atoms with E-state index in [0.29, 0.717) is 17.2 Å². The number of rotatable bonds is 2. The molecule has 1 aliphatic heterocycles.